The molecule has 2 aromatic carbocycles. The average molecular weight is 372 g/mol. The third-order valence-electron chi connectivity index (χ3n) is 4.56. The van der Waals surface area contributed by atoms with E-state index in [9.17, 15) is 14.9 Å². The molecule has 0 saturated carbocycles. The van der Waals surface area contributed by atoms with Gasteiger partial charge in [-0.15, -0.1) is 0 Å². The molecule has 2 aromatic heterocycles. The zero-order chi connectivity index (χ0) is 19.7. The van der Waals surface area contributed by atoms with E-state index in [-0.39, 0.29) is 11.6 Å². The first-order chi connectivity index (χ1) is 13.6. The summed E-state index contributed by atoms with van der Waals surface area (Å²) in [7, 11) is 1.73. The molecule has 1 N–H and O–H groups in total. The molecule has 4 aromatic rings. The Morgan fingerprint density at radius 3 is 2.64 bits per heavy atom. The molecule has 0 saturated heterocycles. The van der Waals surface area contributed by atoms with Gasteiger partial charge in [0.05, 0.1) is 21.7 Å². The lowest BCUT2D eigenvalue weighted by Crippen LogP contribution is -2.17. The lowest BCUT2D eigenvalue weighted by atomic mass is 10.0. The van der Waals surface area contributed by atoms with Crippen molar-refractivity contribution in [3.63, 3.8) is 0 Å². The minimum absolute atomic E-state index is 0.0467. The molecule has 7 heteroatoms. The second kappa shape index (κ2) is 6.96. The van der Waals surface area contributed by atoms with Crippen LogP contribution in [0.1, 0.15) is 10.5 Å². The van der Waals surface area contributed by atoms with Gasteiger partial charge in [0.2, 0.25) is 0 Å². The maximum absolute atomic E-state index is 13.1. The van der Waals surface area contributed by atoms with Crippen LogP contribution in [0.15, 0.2) is 73.1 Å². The Labute approximate surface area is 160 Å². The fourth-order valence-corrected chi connectivity index (χ4v) is 3.28. The third kappa shape index (κ3) is 2.99. The van der Waals surface area contributed by atoms with Crippen LogP contribution in [0, 0.1) is 10.1 Å². The molecule has 0 atom stereocenters. The number of hydrogen-bond donors (Lipinski definition) is 1. The molecule has 0 fully saturated rings. The van der Waals surface area contributed by atoms with Crippen LogP contribution in [-0.4, -0.2) is 20.4 Å². The van der Waals surface area contributed by atoms with Gasteiger partial charge in [-0.05, 0) is 24.3 Å². The molecule has 0 aliphatic carbocycles. The van der Waals surface area contributed by atoms with Gasteiger partial charge >= 0.3 is 0 Å². The molecule has 28 heavy (non-hydrogen) atoms. The summed E-state index contributed by atoms with van der Waals surface area (Å²) in [6, 6.07) is 17.4. The molecule has 1 amide bonds. The molecule has 2 heterocycles. The van der Waals surface area contributed by atoms with Crippen molar-refractivity contribution in [2.45, 2.75) is 0 Å². The zero-order valence-corrected chi connectivity index (χ0v) is 15.0. The number of para-hydroxylation sites is 2. The van der Waals surface area contributed by atoms with Crippen molar-refractivity contribution in [3.05, 3.63) is 88.9 Å². The summed E-state index contributed by atoms with van der Waals surface area (Å²) in [5, 5.41) is 15.2. The number of nitro benzene ring substituents is 1. The molecule has 4 rings (SSSR count). The number of aryl methyl sites for hydroxylation is 1. The van der Waals surface area contributed by atoms with E-state index in [4.69, 9.17) is 0 Å². The van der Waals surface area contributed by atoms with E-state index in [2.05, 4.69) is 10.3 Å². The molecular weight excluding hydrogens is 356 g/mol. The van der Waals surface area contributed by atoms with Crippen LogP contribution >= 0.6 is 0 Å². The predicted molar refractivity (Wildman–Crippen MR) is 107 cm³/mol. The van der Waals surface area contributed by atoms with E-state index in [0.717, 1.165) is 5.39 Å². The van der Waals surface area contributed by atoms with Gasteiger partial charge in [0.1, 0.15) is 5.69 Å². The minimum Gasteiger partial charge on any atom is -0.346 e. The van der Waals surface area contributed by atoms with Gasteiger partial charge in [-0.25, -0.2) is 0 Å². The summed E-state index contributed by atoms with van der Waals surface area (Å²) >= 11 is 0. The first kappa shape index (κ1) is 17.4. The highest BCUT2D eigenvalue weighted by atomic mass is 16.6. The van der Waals surface area contributed by atoms with Crippen molar-refractivity contribution in [1.82, 2.24) is 9.55 Å². The summed E-state index contributed by atoms with van der Waals surface area (Å²) in [6.45, 7) is 0. The number of anilines is 1. The Morgan fingerprint density at radius 1 is 1.04 bits per heavy atom. The van der Waals surface area contributed by atoms with Gasteiger partial charge in [0, 0.05) is 36.5 Å². The summed E-state index contributed by atoms with van der Waals surface area (Å²) in [5.74, 6) is -0.362. The number of pyridine rings is 1. The van der Waals surface area contributed by atoms with Gasteiger partial charge in [0.25, 0.3) is 11.6 Å². The van der Waals surface area contributed by atoms with Crippen LogP contribution < -0.4 is 5.32 Å². The number of carbonyl (C=O) groups excluding carboxylic acids is 1. The highest BCUT2D eigenvalue weighted by Crippen LogP contribution is 2.33. The number of carbonyl (C=O) groups is 1. The van der Waals surface area contributed by atoms with Gasteiger partial charge in [-0.1, -0.05) is 30.3 Å². The number of aromatic nitrogens is 2. The fourth-order valence-electron chi connectivity index (χ4n) is 3.28. The second-order valence-electron chi connectivity index (χ2n) is 6.30. The normalized spacial score (nSPS) is 10.8. The first-order valence-corrected chi connectivity index (χ1v) is 8.60. The van der Waals surface area contributed by atoms with Crippen molar-refractivity contribution in [2.24, 2.45) is 7.05 Å². The zero-order valence-electron chi connectivity index (χ0n) is 15.0. The van der Waals surface area contributed by atoms with Gasteiger partial charge < -0.3 is 9.88 Å². The SMILES string of the molecule is Cn1ccc(-c2ccccc2[N+](=O)[O-])c1C(=O)Nc1cccc2cccnc12. The van der Waals surface area contributed by atoms with Crippen molar-refractivity contribution < 1.29 is 9.72 Å². The summed E-state index contributed by atoms with van der Waals surface area (Å²) in [4.78, 5) is 28.4. The molecule has 138 valence electrons. The van der Waals surface area contributed by atoms with Crippen LogP contribution in [0.3, 0.4) is 0 Å². The topological polar surface area (TPSA) is 90.1 Å². The minimum atomic E-state index is -0.446. The highest BCUT2D eigenvalue weighted by molar-refractivity contribution is 6.11. The van der Waals surface area contributed by atoms with E-state index in [1.54, 1.807) is 54.3 Å². The van der Waals surface area contributed by atoms with Crippen LogP contribution in [0.25, 0.3) is 22.0 Å². The van der Waals surface area contributed by atoms with E-state index in [1.807, 2.05) is 24.3 Å². The van der Waals surface area contributed by atoms with Crippen LogP contribution in [0.4, 0.5) is 11.4 Å². The van der Waals surface area contributed by atoms with Gasteiger partial charge in [-0.3, -0.25) is 19.9 Å². The average Bonchev–Trinajstić information content (AvgIpc) is 3.09. The van der Waals surface area contributed by atoms with E-state index < -0.39 is 4.92 Å². The van der Waals surface area contributed by atoms with Crippen molar-refractivity contribution in [1.29, 1.82) is 0 Å². The van der Waals surface area contributed by atoms with E-state index >= 15 is 0 Å². The first-order valence-electron chi connectivity index (χ1n) is 8.60. The number of nitro groups is 1. The Morgan fingerprint density at radius 2 is 1.82 bits per heavy atom. The maximum atomic E-state index is 13.1. The third-order valence-corrected chi connectivity index (χ3v) is 4.56. The second-order valence-corrected chi connectivity index (χ2v) is 6.30. The lowest BCUT2D eigenvalue weighted by Gasteiger charge is -2.11. The van der Waals surface area contributed by atoms with E-state index in [1.165, 1.54) is 6.07 Å². The molecule has 0 aliphatic rings. The monoisotopic (exact) mass is 372 g/mol. The smallest absolute Gasteiger partial charge is 0.277 e. The number of rotatable bonds is 4. The van der Waals surface area contributed by atoms with E-state index in [0.29, 0.717) is 28.0 Å². The number of benzene rings is 2. The molecule has 0 spiro atoms. The number of nitrogens with one attached hydrogen (secondary N) is 1. The molecular formula is C21H16N4O3. The van der Waals surface area contributed by atoms with Crippen LogP contribution in [-0.2, 0) is 7.05 Å². The summed E-state index contributed by atoms with van der Waals surface area (Å²) in [6.07, 6.45) is 3.38. The van der Waals surface area contributed by atoms with Crippen LogP contribution in [0.5, 0.6) is 0 Å². The van der Waals surface area contributed by atoms with Crippen molar-refractivity contribution in [3.8, 4) is 11.1 Å². The predicted octanol–water partition coefficient (Wildman–Crippen LogP) is 4.40. The molecule has 0 radical (unpaired) electrons. The lowest BCUT2D eigenvalue weighted by molar-refractivity contribution is -0.384. The van der Waals surface area contributed by atoms with Gasteiger partial charge in [-0.2, -0.15) is 0 Å². The molecule has 7 nitrogen and oxygen atoms in total. The Hall–Kier alpha value is -4.00. The maximum Gasteiger partial charge on any atom is 0.277 e. The molecule has 0 bridgehead atoms. The van der Waals surface area contributed by atoms with Gasteiger partial charge in [0.15, 0.2) is 0 Å². The highest BCUT2D eigenvalue weighted by Gasteiger charge is 2.23. The Kier molecular flexibility index (Phi) is 4.33. The summed E-state index contributed by atoms with van der Waals surface area (Å²) in [5.41, 5.74) is 2.45. The van der Waals surface area contributed by atoms with Crippen molar-refractivity contribution in [2.75, 3.05) is 5.32 Å². The van der Waals surface area contributed by atoms with Crippen LogP contribution in [0.2, 0.25) is 0 Å². The Balaban J connectivity index is 1.78. The number of hydrogen-bond acceptors (Lipinski definition) is 4. The standard InChI is InChI=1S/C21H16N4O3/c1-24-13-11-16(15-8-2-3-10-18(15)25(27)28)20(24)21(26)23-17-9-4-6-14-7-5-12-22-19(14)17/h2-13H,1H3,(H,23,26). The summed E-state index contributed by atoms with van der Waals surface area (Å²) < 4.78 is 1.65. The molecule has 0 unspecified atom stereocenters. The number of nitrogens with zero attached hydrogens (tertiary/aromatic N) is 3. The Bertz CT molecular complexity index is 1210. The number of fused-ring (bicyclic) bond motifs is 1. The van der Waals surface area contributed by atoms with Crippen molar-refractivity contribution >= 4 is 28.2 Å². The fraction of sp³-hybridized carbons (Fsp3) is 0.0476. The number of amides is 1. The quantitative estimate of drug-likeness (QED) is 0.425. The largest absolute Gasteiger partial charge is 0.346 e. The molecule has 0 aliphatic heterocycles.